The largest absolute Gasteiger partial charge is 0.350 e. The first-order valence-corrected chi connectivity index (χ1v) is 10.1. The minimum Gasteiger partial charge on any atom is -0.350 e. The fourth-order valence-corrected chi connectivity index (χ4v) is 3.71. The number of nitrogens with one attached hydrogen (secondary N) is 2. The Bertz CT molecular complexity index is 856. The average molecular weight is 397 g/mol. The van der Waals surface area contributed by atoms with E-state index in [1.807, 2.05) is 18.2 Å². The Kier molecular flexibility index (Phi) is 7.36. The number of nitrogens with zero attached hydrogens (tertiary/aromatic N) is 1. The van der Waals surface area contributed by atoms with Gasteiger partial charge in [0, 0.05) is 19.6 Å². The van der Waals surface area contributed by atoms with Gasteiger partial charge in [-0.25, -0.2) is 4.39 Å². The minimum atomic E-state index is -0.605. The van der Waals surface area contributed by atoms with Gasteiger partial charge in [0.2, 0.25) is 5.91 Å². The van der Waals surface area contributed by atoms with Crippen molar-refractivity contribution in [2.24, 2.45) is 5.92 Å². The van der Waals surface area contributed by atoms with E-state index in [4.69, 9.17) is 0 Å². The molecule has 1 saturated heterocycles. The number of benzene rings is 2. The first-order chi connectivity index (χ1) is 14.0. The standard InChI is InChI=1S/C23H28FN3O2/c1-17-7-6-12-27(15-17)16-19-9-3-2-8-18(19)13-25-22(28)14-26-23(29)20-10-4-5-11-21(20)24/h2-5,8-11,17H,6-7,12-16H2,1H3,(H,25,28)(H,26,29)/t17-/m1/s1. The van der Waals surface area contributed by atoms with Gasteiger partial charge in [0.15, 0.2) is 0 Å². The summed E-state index contributed by atoms with van der Waals surface area (Å²) in [7, 11) is 0. The van der Waals surface area contributed by atoms with Gasteiger partial charge in [-0.15, -0.1) is 0 Å². The van der Waals surface area contributed by atoms with Crippen LogP contribution in [0.1, 0.15) is 41.3 Å². The van der Waals surface area contributed by atoms with E-state index in [1.54, 1.807) is 6.07 Å². The summed E-state index contributed by atoms with van der Waals surface area (Å²) in [6, 6.07) is 13.8. The van der Waals surface area contributed by atoms with Crippen molar-refractivity contribution in [2.45, 2.75) is 32.9 Å². The van der Waals surface area contributed by atoms with E-state index in [2.05, 4.69) is 28.5 Å². The van der Waals surface area contributed by atoms with Crippen molar-refractivity contribution in [1.82, 2.24) is 15.5 Å². The summed E-state index contributed by atoms with van der Waals surface area (Å²) < 4.78 is 13.6. The van der Waals surface area contributed by atoms with Crippen LogP contribution in [-0.4, -0.2) is 36.3 Å². The zero-order valence-corrected chi connectivity index (χ0v) is 16.8. The lowest BCUT2D eigenvalue weighted by atomic mass is 9.99. The lowest BCUT2D eigenvalue weighted by molar-refractivity contribution is -0.120. The summed E-state index contributed by atoms with van der Waals surface area (Å²) in [6.07, 6.45) is 2.51. The third-order valence-electron chi connectivity index (χ3n) is 5.26. The van der Waals surface area contributed by atoms with Crippen LogP contribution in [0.2, 0.25) is 0 Å². The van der Waals surface area contributed by atoms with Crippen molar-refractivity contribution in [2.75, 3.05) is 19.6 Å². The van der Waals surface area contributed by atoms with Crippen molar-refractivity contribution in [3.8, 4) is 0 Å². The maximum atomic E-state index is 13.6. The van der Waals surface area contributed by atoms with Crippen LogP contribution in [0.5, 0.6) is 0 Å². The Labute approximate surface area is 171 Å². The predicted molar refractivity (Wildman–Crippen MR) is 111 cm³/mol. The molecule has 1 fully saturated rings. The molecule has 0 aliphatic carbocycles. The van der Waals surface area contributed by atoms with Crippen LogP contribution in [0, 0.1) is 11.7 Å². The van der Waals surface area contributed by atoms with E-state index in [1.165, 1.54) is 36.6 Å². The average Bonchev–Trinajstić information content (AvgIpc) is 2.72. The molecule has 0 spiro atoms. The molecule has 0 bridgehead atoms. The Morgan fingerprint density at radius 2 is 1.79 bits per heavy atom. The molecule has 0 aromatic heterocycles. The molecule has 1 aliphatic rings. The molecule has 2 aromatic rings. The molecule has 29 heavy (non-hydrogen) atoms. The molecule has 1 heterocycles. The van der Waals surface area contributed by atoms with Gasteiger partial charge < -0.3 is 10.6 Å². The van der Waals surface area contributed by atoms with Crippen LogP contribution in [0.15, 0.2) is 48.5 Å². The monoisotopic (exact) mass is 397 g/mol. The zero-order valence-electron chi connectivity index (χ0n) is 16.8. The fourth-order valence-electron chi connectivity index (χ4n) is 3.71. The van der Waals surface area contributed by atoms with Gasteiger partial charge in [-0.05, 0) is 48.6 Å². The van der Waals surface area contributed by atoms with Crippen molar-refractivity contribution in [1.29, 1.82) is 0 Å². The summed E-state index contributed by atoms with van der Waals surface area (Å²) in [4.78, 5) is 26.6. The number of carbonyl (C=O) groups is 2. The normalized spacial score (nSPS) is 17.0. The lowest BCUT2D eigenvalue weighted by Crippen LogP contribution is -2.37. The molecule has 154 valence electrons. The second-order valence-corrected chi connectivity index (χ2v) is 7.69. The molecule has 2 N–H and O–H groups in total. The summed E-state index contributed by atoms with van der Waals surface area (Å²) in [5.41, 5.74) is 2.21. The van der Waals surface area contributed by atoms with Crippen molar-refractivity contribution in [3.05, 3.63) is 71.0 Å². The second-order valence-electron chi connectivity index (χ2n) is 7.69. The summed E-state index contributed by atoms with van der Waals surface area (Å²) in [5.74, 6) is -0.797. The summed E-state index contributed by atoms with van der Waals surface area (Å²) in [6.45, 7) is 5.57. The maximum absolute atomic E-state index is 13.6. The van der Waals surface area contributed by atoms with Crippen LogP contribution >= 0.6 is 0 Å². The van der Waals surface area contributed by atoms with Crippen LogP contribution in [0.25, 0.3) is 0 Å². The fraction of sp³-hybridized carbons (Fsp3) is 0.391. The molecule has 0 saturated carbocycles. The van der Waals surface area contributed by atoms with E-state index >= 15 is 0 Å². The zero-order chi connectivity index (χ0) is 20.6. The van der Waals surface area contributed by atoms with E-state index in [0.717, 1.165) is 25.2 Å². The number of amides is 2. The van der Waals surface area contributed by atoms with Gasteiger partial charge in [0.05, 0.1) is 12.1 Å². The van der Waals surface area contributed by atoms with E-state index in [9.17, 15) is 14.0 Å². The molecule has 2 aromatic carbocycles. The van der Waals surface area contributed by atoms with Crippen LogP contribution in [-0.2, 0) is 17.9 Å². The van der Waals surface area contributed by atoms with Gasteiger partial charge in [-0.3, -0.25) is 14.5 Å². The quantitative estimate of drug-likeness (QED) is 0.755. The molecular weight excluding hydrogens is 369 g/mol. The maximum Gasteiger partial charge on any atom is 0.254 e. The van der Waals surface area contributed by atoms with Crippen LogP contribution in [0.4, 0.5) is 4.39 Å². The van der Waals surface area contributed by atoms with Gasteiger partial charge >= 0.3 is 0 Å². The smallest absolute Gasteiger partial charge is 0.254 e. The van der Waals surface area contributed by atoms with E-state index in [-0.39, 0.29) is 18.0 Å². The third-order valence-corrected chi connectivity index (χ3v) is 5.26. The number of piperidine rings is 1. The molecule has 1 atom stereocenters. The SMILES string of the molecule is C[C@@H]1CCCN(Cc2ccccc2CNC(=O)CNC(=O)c2ccccc2F)C1. The molecule has 5 nitrogen and oxygen atoms in total. The Morgan fingerprint density at radius 1 is 1.07 bits per heavy atom. The van der Waals surface area contributed by atoms with Gasteiger partial charge in [0.25, 0.3) is 5.91 Å². The van der Waals surface area contributed by atoms with Gasteiger partial charge in [0.1, 0.15) is 5.82 Å². The number of carbonyl (C=O) groups excluding carboxylic acids is 2. The molecule has 0 unspecified atom stereocenters. The highest BCUT2D eigenvalue weighted by atomic mass is 19.1. The van der Waals surface area contributed by atoms with Gasteiger partial charge in [-0.1, -0.05) is 43.3 Å². The molecular formula is C23H28FN3O2. The summed E-state index contributed by atoms with van der Waals surface area (Å²) in [5, 5.41) is 5.30. The molecule has 2 amide bonds. The summed E-state index contributed by atoms with van der Waals surface area (Å²) >= 11 is 0. The minimum absolute atomic E-state index is 0.0681. The number of rotatable bonds is 7. The van der Waals surface area contributed by atoms with Gasteiger partial charge in [-0.2, -0.15) is 0 Å². The first kappa shape index (κ1) is 21.0. The van der Waals surface area contributed by atoms with Crippen LogP contribution in [0.3, 0.4) is 0 Å². The topological polar surface area (TPSA) is 61.4 Å². The Hall–Kier alpha value is -2.73. The van der Waals surface area contributed by atoms with Crippen molar-refractivity contribution < 1.29 is 14.0 Å². The number of likely N-dealkylation sites (tertiary alicyclic amines) is 1. The second kappa shape index (κ2) is 10.2. The molecule has 0 radical (unpaired) electrons. The molecule has 3 rings (SSSR count). The highest BCUT2D eigenvalue weighted by Gasteiger charge is 2.17. The predicted octanol–water partition coefficient (Wildman–Crippen LogP) is 3.10. The van der Waals surface area contributed by atoms with E-state index in [0.29, 0.717) is 12.5 Å². The van der Waals surface area contributed by atoms with Crippen molar-refractivity contribution in [3.63, 3.8) is 0 Å². The third kappa shape index (κ3) is 6.12. The highest BCUT2D eigenvalue weighted by Crippen LogP contribution is 2.19. The lowest BCUT2D eigenvalue weighted by Gasteiger charge is -2.31. The first-order valence-electron chi connectivity index (χ1n) is 10.1. The Morgan fingerprint density at radius 3 is 2.55 bits per heavy atom. The van der Waals surface area contributed by atoms with E-state index < -0.39 is 11.7 Å². The molecule has 1 aliphatic heterocycles. The van der Waals surface area contributed by atoms with Crippen LogP contribution < -0.4 is 10.6 Å². The number of halogens is 1. The number of hydrogen-bond donors (Lipinski definition) is 2. The van der Waals surface area contributed by atoms with Crippen molar-refractivity contribution >= 4 is 11.8 Å². The highest BCUT2D eigenvalue weighted by molar-refractivity contribution is 5.96. The Balaban J connectivity index is 1.50. The number of hydrogen-bond acceptors (Lipinski definition) is 3. The molecule has 6 heteroatoms.